The molecular formula is C15H26N2OS. The third-order valence-electron chi connectivity index (χ3n) is 3.86. The van der Waals surface area contributed by atoms with Crippen LogP contribution in [-0.2, 0) is 13.0 Å². The lowest BCUT2D eigenvalue weighted by molar-refractivity contribution is 0.0761. The molecule has 1 aliphatic carbocycles. The van der Waals surface area contributed by atoms with Gasteiger partial charge in [-0.05, 0) is 26.2 Å². The maximum atomic E-state index is 9.72. The van der Waals surface area contributed by atoms with Gasteiger partial charge in [0.05, 0.1) is 16.8 Å². The minimum absolute atomic E-state index is 0.258. The second-order valence-electron chi connectivity index (χ2n) is 5.66. The van der Waals surface area contributed by atoms with E-state index in [1.807, 2.05) is 6.92 Å². The lowest BCUT2D eigenvalue weighted by atomic mass is 9.94. The average Bonchev–Trinajstić information content (AvgIpc) is 2.86. The minimum Gasteiger partial charge on any atom is -0.392 e. The minimum atomic E-state index is -0.258. The lowest BCUT2D eigenvalue weighted by Gasteiger charge is -2.34. The zero-order valence-corrected chi connectivity index (χ0v) is 13.0. The largest absolute Gasteiger partial charge is 0.392 e. The number of aliphatic hydroxyl groups excluding tert-OH is 1. The van der Waals surface area contributed by atoms with Crippen molar-refractivity contribution in [1.82, 2.24) is 9.88 Å². The Morgan fingerprint density at radius 2 is 2.16 bits per heavy atom. The molecule has 0 aliphatic heterocycles. The van der Waals surface area contributed by atoms with Crippen LogP contribution in [0.5, 0.6) is 0 Å². The van der Waals surface area contributed by atoms with Gasteiger partial charge in [0.15, 0.2) is 0 Å². The SMILES string of the molecule is CCc1nc(CN(CC(C)O)C2CCCCC2)cs1. The van der Waals surface area contributed by atoms with Crippen LogP contribution in [0.2, 0.25) is 0 Å². The molecule has 1 fully saturated rings. The van der Waals surface area contributed by atoms with Gasteiger partial charge < -0.3 is 5.11 Å². The lowest BCUT2D eigenvalue weighted by Crippen LogP contribution is -2.40. The highest BCUT2D eigenvalue weighted by Gasteiger charge is 2.22. The van der Waals surface area contributed by atoms with Crippen LogP contribution in [0.3, 0.4) is 0 Å². The molecule has 0 aromatic carbocycles. The van der Waals surface area contributed by atoms with Crippen LogP contribution >= 0.6 is 11.3 Å². The summed E-state index contributed by atoms with van der Waals surface area (Å²) < 4.78 is 0. The van der Waals surface area contributed by atoms with Gasteiger partial charge in [-0.2, -0.15) is 0 Å². The molecule has 0 spiro atoms. The van der Waals surface area contributed by atoms with Gasteiger partial charge in [-0.15, -0.1) is 11.3 Å². The molecule has 108 valence electrons. The second kappa shape index (κ2) is 7.36. The van der Waals surface area contributed by atoms with E-state index in [4.69, 9.17) is 0 Å². The number of aryl methyl sites for hydroxylation is 1. The Bertz CT molecular complexity index is 372. The van der Waals surface area contributed by atoms with Gasteiger partial charge in [0.1, 0.15) is 0 Å². The van der Waals surface area contributed by atoms with Gasteiger partial charge in [-0.1, -0.05) is 26.2 Å². The molecule has 1 N–H and O–H groups in total. The van der Waals surface area contributed by atoms with Gasteiger partial charge in [0.2, 0.25) is 0 Å². The summed E-state index contributed by atoms with van der Waals surface area (Å²) >= 11 is 1.76. The van der Waals surface area contributed by atoms with Gasteiger partial charge in [0.25, 0.3) is 0 Å². The summed E-state index contributed by atoms with van der Waals surface area (Å²) in [6.45, 7) is 5.70. The molecule has 0 radical (unpaired) electrons. The molecule has 0 bridgehead atoms. The first kappa shape index (κ1) is 14.9. The van der Waals surface area contributed by atoms with Crippen LogP contribution in [-0.4, -0.2) is 33.7 Å². The van der Waals surface area contributed by atoms with E-state index < -0.39 is 0 Å². The monoisotopic (exact) mass is 282 g/mol. The predicted octanol–water partition coefficient (Wildman–Crippen LogP) is 3.22. The number of hydrogen-bond acceptors (Lipinski definition) is 4. The van der Waals surface area contributed by atoms with Crippen molar-refractivity contribution in [3.63, 3.8) is 0 Å². The van der Waals surface area contributed by atoms with Crippen LogP contribution < -0.4 is 0 Å². The molecule has 1 aromatic heterocycles. The predicted molar refractivity (Wildman–Crippen MR) is 80.5 cm³/mol. The van der Waals surface area contributed by atoms with Gasteiger partial charge in [0, 0.05) is 24.5 Å². The highest BCUT2D eigenvalue weighted by Crippen LogP contribution is 2.24. The number of aromatic nitrogens is 1. The van der Waals surface area contributed by atoms with Crippen molar-refractivity contribution in [1.29, 1.82) is 0 Å². The number of thiazole rings is 1. The van der Waals surface area contributed by atoms with E-state index in [-0.39, 0.29) is 6.10 Å². The fraction of sp³-hybridized carbons (Fsp3) is 0.800. The molecule has 19 heavy (non-hydrogen) atoms. The quantitative estimate of drug-likeness (QED) is 0.870. The maximum absolute atomic E-state index is 9.72. The molecule has 1 atom stereocenters. The van der Waals surface area contributed by atoms with Crippen molar-refractivity contribution >= 4 is 11.3 Å². The summed E-state index contributed by atoms with van der Waals surface area (Å²) in [6.07, 6.45) is 7.34. The Balaban J connectivity index is 1.99. The van der Waals surface area contributed by atoms with Crippen LogP contribution in [0, 0.1) is 0 Å². The molecule has 1 aromatic rings. The molecule has 3 nitrogen and oxygen atoms in total. The van der Waals surface area contributed by atoms with E-state index in [2.05, 4.69) is 22.2 Å². The Kier molecular flexibility index (Phi) is 5.79. The average molecular weight is 282 g/mol. The van der Waals surface area contributed by atoms with Crippen molar-refractivity contribution in [2.75, 3.05) is 6.54 Å². The zero-order valence-electron chi connectivity index (χ0n) is 12.1. The Morgan fingerprint density at radius 1 is 1.42 bits per heavy atom. The first-order valence-electron chi connectivity index (χ1n) is 7.54. The Morgan fingerprint density at radius 3 is 2.74 bits per heavy atom. The fourth-order valence-corrected chi connectivity index (χ4v) is 3.66. The molecule has 4 heteroatoms. The topological polar surface area (TPSA) is 36.4 Å². The van der Waals surface area contributed by atoms with Crippen molar-refractivity contribution in [2.45, 2.75) is 71.1 Å². The Labute approximate surface area is 120 Å². The smallest absolute Gasteiger partial charge is 0.0926 e. The zero-order chi connectivity index (χ0) is 13.7. The van der Waals surface area contributed by atoms with Crippen molar-refractivity contribution in [3.8, 4) is 0 Å². The van der Waals surface area contributed by atoms with Crippen LogP contribution in [0.4, 0.5) is 0 Å². The molecule has 0 amide bonds. The van der Waals surface area contributed by atoms with Gasteiger partial charge in [-0.25, -0.2) is 4.98 Å². The third-order valence-corrected chi connectivity index (χ3v) is 4.90. The van der Waals surface area contributed by atoms with Crippen molar-refractivity contribution in [2.24, 2.45) is 0 Å². The van der Waals surface area contributed by atoms with E-state index in [1.165, 1.54) is 42.8 Å². The van der Waals surface area contributed by atoms with Crippen molar-refractivity contribution in [3.05, 3.63) is 16.1 Å². The van der Waals surface area contributed by atoms with E-state index in [0.29, 0.717) is 6.04 Å². The Hall–Kier alpha value is -0.450. The molecular weight excluding hydrogens is 256 g/mol. The highest BCUT2D eigenvalue weighted by atomic mass is 32.1. The van der Waals surface area contributed by atoms with E-state index in [1.54, 1.807) is 11.3 Å². The van der Waals surface area contributed by atoms with Crippen LogP contribution in [0.1, 0.15) is 56.7 Å². The summed E-state index contributed by atoms with van der Waals surface area (Å²) in [5, 5.41) is 13.1. The second-order valence-corrected chi connectivity index (χ2v) is 6.60. The summed E-state index contributed by atoms with van der Waals surface area (Å²) in [4.78, 5) is 7.11. The molecule has 1 unspecified atom stereocenters. The van der Waals surface area contributed by atoms with Crippen LogP contribution in [0.15, 0.2) is 5.38 Å². The normalized spacial score (nSPS) is 18.9. The first-order chi connectivity index (χ1) is 9.19. The summed E-state index contributed by atoms with van der Waals surface area (Å²) in [7, 11) is 0. The number of aliphatic hydroxyl groups is 1. The standard InChI is InChI=1S/C15H26N2OS/c1-3-15-16-13(11-19-15)10-17(9-12(2)18)14-7-5-4-6-8-14/h11-12,14,18H,3-10H2,1-2H3. The summed E-state index contributed by atoms with van der Waals surface area (Å²) in [6, 6.07) is 0.634. The number of hydrogen-bond donors (Lipinski definition) is 1. The fourth-order valence-electron chi connectivity index (χ4n) is 2.92. The highest BCUT2D eigenvalue weighted by molar-refractivity contribution is 7.09. The van der Waals surface area contributed by atoms with Crippen molar-refractivity contribution < 1.29 is 5.11 Å². The van der Waals surface area contributed by atoms with Gasteiger partial charge >= 0.3 is 0 Å². The molecule has 1 saturated carbocycles. The number of rotatable bonds is 6. The van der Waals surface area contributed by atoms with Crippen LogP contribution in [0.25, 0.3) is 0 Å². The van der Waals surface area contributed by atoms with E-state index in [0.717, 1.165) is 19.5 Å². The maximum Gasteiger partial charge on any atom is 0.0926 e. The summed E-state index contributed by atoms with van der Waals surface area (Å²) in [5.74, 6) is 0. The number of nitrogens with zero attached hydrogens (tertiary/aromatic N) is 2. The molecule has 0 saturated heterocycles. The molecule has 1 aliphatic rings. The van der Waals surface area contributed by atoms with Gasteiger partial charge in [-0.3, -0.25) is 4.90 Å². The summed E-state index contributed by atoms with van der Waals surface area (Å²) in [5.41, 5.74) is 1.17. The van der Waals surface area contributed by atoms with E-state index in [9.17, 15) is 5.11 Å². The van der Waals surface area contributed by atoms with E-state index >= 15 is 0 Å². The third kappa shape index (κ3) is 4.55. The molecule has 1 heterocycles. The molecule has 2 rings (SSSR count). The first-order valence-corrected chi connectivity index (χ1v) is 8.42.